The van der Waals surface area contributed by atoms with Crippen LogP contribution in [-0.4, -0.2) is 10.1 Å². The van der Waals surface area contributed by atoms with Crippen LogP contribution in [0.15, 0.2) is 17.5 Å². The molecule has 2 nitrogen and oxygen atoms in total. The van der Waals surface area contributed by atoms with E-state index in [0.29, 0.717) is 0 Å². The van der Waals surface area contributed by atoms with Gasteiger partial charge in [0.15, 0.2) is 0 Å². The second-order valence-electron chi connectivity index (χ2n) is 3.71. The molecule has 0 aliphatic heterocycles. The van der Waals surface area contributed by atoms with Crippen LogP contribution in [-0.2, 0) is 5.60 Å². The molecule has 0 aromatic carbocycles. The zero-order chi connectivity index (χ0) is 11.1. The molecule has 0 amide bonds. The molecule has 0 spiro atoms. The molecule has 80 valence electrons. The van der Waals surface area contributed by atoms with Crippen LogP contribution < -0.4 is 0 Å². The molecule has 0 saturated carbocycles. The fourth-order valence-electron chi connectivity index (χ4n) is 1.34. The van der Waals surface area contributed by atoms with Crippen LogP contribution in [0.4, 0.5) is 0 Å². The average Bonchev–Trinajstić information content (AvgIpc) is 2.77. The van der Waals surface area contributed by atoms with E-state index in [1.54, 1.807) is 29.6 Å². The summed E-state index contributed by atoms with van der Waals surface area (Å²) >= 11 is 3.12. The summed E-state index contributed by atoms with van der Waals surface area (Å²) in [6.07, 6.45) is 0. The van der Waals surface area contributed by atoms with Crippen molar-refractivity contribution >= 4 is 22.7 Å². The van der Waals surface area contributed by atoms with E-state index in [2.05, 4.69) is 4.98 Å². The summed E-state index contributed by atoms with van der Waals surface area (Å²) in [5, 5.41) is 13.2. The molecule has 15 heavy (non-hydrogen) atoms. The molecule has 2 aromatic heterocycles. The fourth-order valence-corrected chi connectivity index (χ4v) is 3.17. The highest BCUT2D eigenvalue weighted by molar-refractivity contribution is 7.12. The number of hydrogen-bond acceptors (Lipinski definition) is 4. The van der Waals surface area contributed by atoms with Gasteiger partial charge in [0, 0.05) is 9.75 Å². The van der Waals surface area contributed by atoms with Crippen LogP contribution in [0.25, 0.3) is 0 Å². The van der Waals surface area contributed by atoms with Gasteiger partial charge in [-0.1, -0.05) is 6.07 Å². The molecule has 2 rings (SSSR count). The van der Waals surface area contributed by atoms with E-state index >= 15 is 0 Å². The van der Waals surface area contributed by atoms with E-state index in [0.717, 1.165) is 15.6 Å². The van der Waals surface area contributed by atoms with Crippen LogP contribution in [0.3, 0.4) is 0 Å². The van der Waals surface area contributed by atoms with Crippen molar-refractivity contribution in [1.29, 1.82) is 0 Å². The quantitative estimate of drug-likeness (QED) is 0.873. The number of aliphatic hydroxyl groups is 1. The highest BCUT2D eigenvalue weighted by atomic mass is 32.1. The van der Waals surface area contributed by atoms with E-state index in [4.69, 9.17) is 0 Å². The summed E-state index contributed by atoms with van der Waals surface area (Å²) in [4.78, 5) is 6.52. The molecule has 4 heteroatoms. The standard InChI is InChI=1S/C11H13NOS2/c1-7-8(2)15-10(12-7)11(3,13)9-5-4-6-14-9/h4-6,13H,1-3H3. The van der Waals surface area contributed by atoms with Crippen LogP contribution in [0.1, 0.15) is 27.4 Å². The van der Waals surface area contributed by atoms with Crippen LogP contribution in [0.2, 0.25) is 0 Å². The Balaban J connectivity index is 2.46. The molecule has 0 bridgehead atoms. The van der Waals surface area contributed by atoms with Gasteiger partial charge in [0.1, 0.15) is 10.6 Å². The molecule has 1 N–H and O–H groups in total. The van der Waals surface area contributed by atoms with Crippen LogP contribution >= 0.6 is 22.7 Å². The van der Waals surface area contributed by atoms with Gasteiger partial charge in [-0.25, -0.2) is 4.98 Å². The predicted octanol–water partition coefficient (Wildman–Crippen LogP) is 3.08. The van der Waals surface area contributed by atoms with Crippen molar-refractivity contribution in [3.05, 3.63) is 38.0 Å². The van der Waals surface area contributed by atoms with Gasteiger partial charge < -0.3 is 5.11 Å². The molecule has 0 saturated heterocycles. The van der Waals surface area contributed by atoms with Crippen molar-refractivity contribution in [2.75, 3.05) is 0 Å². The SMILES string of the molecule is Cc1nc(C(C)(O)c2cccs2)sc1C. The molecule has 1 unspecified atom stereocenters. The van der Waals surface area contributed by atoms with Crippen molar-refractivity contribution in [1.82, 2.24) is 4.98 Å². The third-order valence-electron chi connectivity index (χ3n) is 2.45. The minimum atomic E-state index is -0.947. The third kappa shape index (κ3) is 1.85. The normalized spacial score (nSPS) is 15.2. The summed E-state index contributed by atoms with van der Waals surface area (Å²) in [5.74, 6) is 0. The topological polar surface area (TPSA) is 33.1 Å². The Bertz CT molecular complexity index is 437. The zero-order valence-corrected chi connectivity index (χ0v) is 10.6. The van der Waals surface area contributed by atoms with E-state index < -0.39 is 5.60 Å². The van der Waals surface area contributed by atoms with Crippen molar-refractivity contribution in [3.63, 3.8) is 0 Å². The summed E-state index contributed by atoms with van der Waals surface area (Å²) < 4.78 is 0. The first kappa shape index (κ1) is 10.8. The Hall–Kier alpha value is -0.710. The fraction of sp³-hybridized carbons (Fsp3) is 0.364. The lowest BCUT2D eigenvalue weighted by molar-refractivity contribution is 0.106. The van der Waals surface area contributed by atoms with E-state index in [1.807, 2.05) is 31.4 Å². The second kappa shape index (κ2) is 3.70. The Morgan fingerprint density at radius 2 is 2.13 bits per heavy atom. The summed E-state index contributed by atoms with van der Waals surface area (Å²) in [7, 11) is 0. The molecular formula is C11H13NOS2. The van der Waals surface area contributed by atoms with Gasteiger partial charge in [-0.3, -0.25) is 0 Å². The lowest BCUT2D eigenvalue weighted by Crippen LogP contribution is -2.20. The first-order valence-corrected chi connectivity index (χ1v) is 6.42. The van der Waals surface area contributed by atoms with Crippen molar-refractivity contribution in [2.24, 2.45) is 0 Å². The Kier molecular flexibility index (Phi) is 2.66. The lowest BCUT2D eigenvalue weighted by Gasteiger charge is -2.18. The highest BCUT2D eigenvalue weighted by Crippen LogP contribution is 2.35. The van der Waals surface area contributed by atoms with Gasteiger partial charge in [-0.05, 0) is 32.2 Å². The van der Waals surface area contributed by atoms with E-state index in [9.17, 15) is 5.11 Å². The first-order chi connectivity index (χ1) is 7.01. The van der Waals surface area contributed by atoms with Gasteiger partial charge in [-0.15, -0.1) is 22.7 Å². The minimum Gasteiger partial charge on any atom is -0.377 e. The lowest BCUT2D eigenvalue weighted by atomic mass is 10.1. The molecule has 1 atom stereocenters. The molecule has 2 aromatic rings. The number of aromatic nitrogens is 1. The monoisotopic (exact) mass is 239 g/mol. The van der Waals surface area contributed by atoms with Gasteiger partial charge in [0.25, 0.3) is 0 Å². The van der Waals surface area contributed by atoms with Crippen molar-refractivity contribution in [3.8, 4) is 0 Å². The Morgan fingerprint density at radius 3 is 2.60 bits per heavy atom. The van der Waals surface area contributed by atoms with Crippen molar-refractivity contribution < 1.29 is 5.11 Å². The largest absolute Gasteiger partial charge is 0.377 e. The third-order valence-corrected chi connectivity index (χ3v) is 4.81. The zero-order valence-electron chi connectivity index (χ0n) is 8.94. The second-order valence-corrected chi connectivity index (χ2v) is 5.86. The number of thiazole rings is 1. The molecule has 2 heterocycles. The van der Waals surface area contributed by atoms with Gasteiger partial charge in [0.05, 0.1) is 5.69 Å². The van der Waals surface area contributed by atoms with E-state index in [-0.39, 0.29) is 0 Å². The van der Waals surface area contributed by atoms with Gasteiger partial charge in [0.2, 0.25) is 0 Å². The summed E-state index contributed by atoms with van der Waals surface area (Å²) in [5.41, 5.74) is 0.0598. The maximum atomic E-state index is 10.4. The maximum absolute atomic E-state index is 10.4. The highest BCUT2D eigenvalue weighted by Gasteiger charge is 2.30. The van der Waals surface area contributed by atoms with Crippen molar-refractivity contribution in [2.45, 2.75) is 26.4 Å². The number of hydrogen-bond donors (Lipinski definition) is 1. The molecular weight excluding hydrogens is 226 g/mol. The minimum absolute atomic E-state index is 0.778. The number of nitrogens with zero attached hydrogens (tertiary/aromatic N) is 1. The van der Waals surface area contributed by atoms with Crippen LogP contribution in [0, 0.1) is 13.8 Å². The number of thiophene rings is 1. The predicted molar refractivity (Wildman–Crippen MR) is 64.6 cm³/mol. The molecule has 0 radical (unpaired) electrons. The van der Waals surface area contributed by atoms with Gasteiger partial charge in [-0.2, -0.15) is 0 Å². The average molecular weight is 239 g/mol. The Labute approximate surface area is 97.2 Å². The first-order valence-electron chi connectivity index (χ1n) is 4.72. The summed E-state index contributed by atoms with van der Waals surface area (Å²) in [6, 6.07) is 3.89. The Morgan fingerprint density at radius 1 is 1.40 bits per heavy atom. The number of rotatable bonds is 2. The molecule has 0 fully saturated rings. The van der Waals surface area contributed by atoms with Gasteiger partial charge >= 0.3 is 0 Å². The number of aryl methyl sites for hydroxylation is 2. The van der Waals surface area contributed by atoms with E-state index in [1.165, 1.54) is 4.88 Å². The molecule has 0 aliphatic rings. The summed E-state index contributed by atoms with van der Waals surface area (Å²) in [6.45, 7) is 5.80. The van der Waals surface area contributed by atoms with Crippen LogP contribution in [0.5, 0.6) is 0 Å². The maximum Gasteiger partial charge on any atom is 0.147 e. The smallest absolute Gasteiger partial charge is 0.147 e. The molecule has 0 aliphatic carbocycles.